The van der Waals surface area contributed by atoms with Gasteiger partial charge in [-0.25, -0.2) is 0 Å². The third-order valence-electron chi connectivity index (χ3n) is 13.0. The standard InChI is InChI=1S/C56H79N21O12/c1-86-41-17-13-29(25-33(41)45(58)78)72-50(83)38(10-6-22-68-54(61)62)75-47(80)35-27-31(15-19-43(35)88-3)74-52(85)40(12-8-24-70-56(65)66)77-48(81)36-28-32(16-20-44(36)89-4)73-51(84)39(11-7-23-69-55(63)64)76-46(79)34-26-30(14-18-42(34)87-2)71-49(82)37(57)9-5-21-67-53(59)60/h13-20,25-28,37-40H,5-12,21-24,57H2,1-4H3,(H2,58,78)(H,71,82)(H,72,83)(H,73,84)(H,74,85)(H,75,80)(H,76,79)(H,77,81)(H4,59,60,67)(H4,61,62,68)(H4,63,64,69)(H4,65,66,70)/t37-,38-,39-,40-/m0/s1. The van der Waals surface area contributed by atoms with Gasteiger partial charge in [0.1, 0.15) is 41.1 Å². The normalized spacial score (nSPS) is 11.9. The summed E-state index contributed by atoms with van der Waals surface area (Å²) in [5.41, 5.74) is 33.5. The number of nitrogens with one attached hydrogen (secondary N) is 15. The Hall–Kier alpha value is -11.1. The van der Waals surface area contributed by atoms with Crippen molar-refractivity contribution in [1.82, 2.24) is 37.2 Å². The lowest BCUT2D eigenvalue weighted by Crippen LogP contribution is -2.45. The van der Waals surface area contributed by atoms with Crippen LogP contribution < -0.4 is 112 Å². The van der Waals surface area contributed by atoms with E-state index in [0.29, 0.717) is 13.0 Å². The summed E-state index contributed by atoms with van der Waals surface area (Å²) in [6.45, 7) is 0.749. The zero-order valence-corrected chi connectivity index (χ0v) is 49.6. The number of benzene rings is 4. The van der Waals surface area contributed by atoms with Crippen molar-refractivity contribution in [2.75, 3.05) is 75.9 Å². The third-order valence-corrected chi connectivity index (χ3v) is 13.0. The molecular weight excluding hydrogens is 1160 g/mol. The topological polar surface area (TPSA) is 557 Å². The van der Waals surface area contributed by atoms with Crippen LogP contribution in [-0.4, -0.2) is 150 Å². The minimum atomic E-state index is -1.33. The van der Waals surface area contributed by atoms with Crippen LogP contribution in [0.2, 0.25) is 0 Å². The molecule has 0 spiro atoms. The van der Waals surface area contributed by atoms with Crippen molar-refractivity contribution in [2.24, 2.45) is 34.4 Å². The molecule has 480 valence electrons. The summed E-state index contributed by atoms with van der Waals surface area (Å²) in [6, 6.07) is 11.9. The summed E-state index contributed by atoms with van der Waals surface area (Å²) < 4.78 is 21.7. The van der Waals surface area contributed by atoms with Crippen LogP contribution in [0.25, 0.3) is 0 Å². The zero-order valence-electron chi connectivity index (χ0n) is 49.6. The Balaban J connectivity index is 1.59. The number of hydrogen-bond acceptors (Lipinski definition) is 17. The molecule has 0 radical (unpaired) electrons. The summed E-state index contributed by atoms with van der Waals surface area (Å²) in [5.74, 6) is -6.90. The Kier molecular flexibility index (Phi) is 28.0. The second-order valence-electron chi connectivity index (χ2n) is 19.6. The number of ether oxygens (including phenoxy) is 4. The number of primary amides is 1. The molecule has 4 aromatic carbocycles. The van der Waals surface area contributed by atoms with Gasteiger partial charge in [0.25, 0.3) is 23.6 Å². The number of anilines is 4. The van der Waals surface area contributed by atoms with Crippen molar-refractivity contribution in [1.29, 1.82) is 21.6 Å². The molecule has 8 amide bonds. The van der Waals surface area contributed by atoms with Crippen LogP contribution in [-0.2, 0) is 19.2 Å². The van der Waals surface area contributed by atoms with Crippen LogP contribution in [0.1, 0.15) is 92.8 Å². The lowest BCUT2D eigenvalue weighted by Gasteiger charge is -2.22. The molecule has 0 bridgehead atoms. The van der Waals surface area contributed by atoms with E-state index in [9.17, 15) is 38.4 Å². The summed E-state index contributed by atoms with van der Waals surface area (Å²) in [4.78, 5) is 110. The van der Waals surface area contributed by atoms with Gasteiger partial charge in [-0.15, -0.1) is 0 Å². The number of carbonyl (C=O) groups is 8. The average Bonchev–Trinajstić information content (AvgIpc) is 2.33. The maximum atomic E-state index is 14.4. The highest BCUT2D eigenvalue weighted by Crippen LogP contribution is 2.28. The van der Waals surface area contributed by atoms with Crippen molar-refractivity contribution in [3.8, 4) is 23.0 Å². The smallest absolute Gasteiger partial charge is 0.255 e. The van der Waals surface area contributed by atoms with Gasteiger partial charge in [-0.1, -0.05) is 0 Å². The molecule has 0 aliphatic carbocycles. The van der Waals surface area contributed by atoms with Crippen molar-refractivity contribution in [3.05, 3.63) is 95.1 Å². The predicted octanol–water partition coefficient (Wildman–Crippen LogP) is -0.650. The molecule has 27 N–H and O–H groups in total. The van der Waals surface area contributed by atoms with E-state index in [1.807, 2.05) is 0 Å². The summed E-state index contributed by atoms with van der Waals surface area (Å²) in [5, 5.41) is 59.4. The van der Waals surface area contributed by atoms with Crippen molar-refractivity contribution in [2.45, 2.75) is 75.5 Å². The highest BCUT2D eigenvalue weighted by molar-refractivity contribution is 6.08. The van der Waals surface area contributed by atoms with E-state index < -0.39 is 71.4 Å². The summed E-state index contributed by atoms with van der Waals surface area (Å²) in [7, 11) is 5.26. The monoisotopic (exact) mass is 1240 g/mol. The van der Waals surface area contributed by atoms with E-state index >= 15 is 0 Å². The van der Waals surface area contributed by atoms with Crippen molar-refractivity contribution in [3.63, 3.8) is 0 Å². The quantitative estimate of drug-likeness (QED) is 0.0155. The molecule has 4 atom stereocenters. The Labute approximate surface area is 512 Å². The highest BCUT2D eigenvalue weighted by atomic mass is 16.5. The lowest BCUT2D eigenvalue weighted by molar-refractivity contribution is -0.118. The van der Waals surface area contributed by atoms with Crippen LogP contribution in [0, 0.1) is 21.6 Å². The second kappa shape index (κ2) is 35.4. The van der Waals surface area contributed by atoms with E-state index in [1.54, 1.807) is 0 Å². The number of nitrogens with two attached hydrogens (primary N) is 6. The molecule has 0 aromatic heterocycles. The molecule has 89 heavy (non-hydrogen) atoms. The van der Waals surface area contributed by atoms with Crippen LogP contribution in [0.3, 0.4) is 0 Å². The first-order valence-corrected chi connectivity index (χ1v) is 27.6. The first-order valence-electron chi connectivity index (χ1n) is 27.6. The number of amides is 8. The SMILES string of the molecule is COc1ccc(NC(=O)[C@H](CCCNC(=N)N)NC(=O)c2cc(NC(=O)[C@H](CCCNC(=N)N)NC(=O)c3cc(NC(=O)[C@H](CCCNC(=N)N)NC(=O)c4cc(NC(=O)[C@@H](N)CCCNC(=N)N)ccc4OC)ccc3OC)ccc2OC)cc1C(N)=O. The second-order valence-corrected chi connectivity index (χ2v) is 19.6. The third kappa shape index (κ3) is 23.0. The van der Waals surface area contributed by atoms with Gasteiger partial charge >= 0.3 is 0 Å². The number of guanidine groups is 4. The summed E-state index contributed by atoms with van der Waals surface area (Å²) in [6.07, 6.45) is 1.29. The van der Waals surface area contributed by atoms with Crippen LogP contribution in [0.5, 0.6) is 23.0 Å². The van der Waals surface area contributed by atoms with E-state index in [4.69, 9.17) is 75.0 Å². The van der Waals surface area contributed by atoms with Crippen molar-refractivity contribution >= 4 is 93.8 Å². The van der Waals surface area contributed by atoms with Gasteiger partial charge in [0.2, 0.25) is 23.6 Å². The number of hydrogen-bond donors (Lipinski definition) is 21. The maximum Gasteiger partial charge on any atom is 0.255 e. The number of methoxy groups -OCH3 is 4. The molecule has 0 fully saturated rings. The van der Waals surface area contributed by atoms with Gasteiger partial charge in [-0.05, 0) is 124 Å². The fourth-order valence-corrected chi connectivity index (χ4v) is 8.57. The Morgan fingerprint density at radius 2 is 0.629 bits per heavy atom. The molecule has 33 heteroatoms. The van der Waals surface area contributed by atoms with Gasteiger partial charge in [0, 0.05) is 48.9 Å². The van der Waals surface area contributed by atoms with Crippen molar-refractivity contribution < 1.29 is 57.3 Å². The zero-order chi connectivity index (χ0) is 65.7. The molecule has 0 aliphatic heterocycles. The molecular formula is C56H79N21O12. The van der Waals surface area contributed by atoms with E-state index in [-0.39, 0.29) is 156 Å². The molecule has 33 nitrogen and oxygen atoms in total. The van der Waals surface area contributed by atoms with Gasteiger partial charge < -0.3 is 112 Å². The molecule has 0 unspecified atom stereocenters. The van der Waals surface area contributed by atoms with Gasteiger partial charge in [0.15, 0.2) is 23.8 Å². The molecule has 4 aromatic rings. The van der Waals surface area contributed by atoms with Gasteiger partial charge in [-0.2, -0.15) is 0 Å². The van der Waals surface area contributed by atoms with E-state index in [1.165, 1.54) is 101 Å². The highest BCUT2D eigenvalue weighted by Gasteiger charge is 2.29. The Morgan fingerprint density at radius 3 is 0.888 bits per heavy atom. The molecule has 0 saturated carbocycles. The minimum Gasteiger partial charge on any atom is -0.496 e. The minimum absolute atomic E-state index is 0.00530. The Bertz CT molecular complexity index is 3240. The van der Waals surface area contributed by atoms with E-state index in [2.05, 4.69) is 58.5 Å². The number of carbonyl (C=O) groups excluding carboxylic acids is 8. The predicted molar refractivity (Wildman–Crippen MR) is 333 cm³/mol. The van der Waals surface area contributed by atoms with Crippen LogP contribution in [0.4, 0.5) is 22.7 Å². The lowest BCUT2D eigenvalue weighted by atomic mass is 10.1. The van der Waals surface area contributed by atoms with Crippen LogP contribution >= 0.6 is 0 Å². The summed E-state index contributed by atoms with van der Waals surface area (Å²) >= 11 is 0. The maximum absolute atomic E-state index is 14.4. The molecule has 0 aliphatic rings. The molecule has 0 saturated heterocycles. The number of rotatable bonds is 35. The average molecular weight is 1240 g/mol. The van der Waals surface area contributed by atoms with Gasteiger partial charge in [0.05, 0.1) is 56.7 Å². The fourth-order valence-electron chi connectivity index (χ4n) is 8.57. The largest absolute Gasteiger partial charge is 0.496 e. The fraction of sp³-hybridized carbons (Fsp3) is 0.357. The first-order chi connectivity index (χ1) is 42.4. The molecule has 4 rings (SSSR count). The van der Waals surface area contributed by atoms with E-state index in [0.717, 1.165) is 0 Å². The Morgan fingerprint density at radius 1 is 0.382 bits per heavy atom. The molecule has 0 heterocycles. The van der Waals surface area contributed by atoms with Gasteiger partial charge in [-0.3, -0.25) is 60.0 Å². The first kappa shape index (κ1) is 70.4. The van der Waals surface area contributed by atoms with Crippen LogP contribution in [0.15, 0.2) is 72.8 Å².